The van der Waals surface area contributed by atoms with Crippen LogP contribution in [0.25, 0.3) is 0 Å². The normalized spacial score (nSPS) is 13.2. The molecule has 0 aromatic carbocycles. The van der Waals surface area contributed by atoms with Crippen molar-refractivity contribution in [2.75, 3.05) is 0 Å². The van der Waals surface area contributed by atoms with Crippen LogP contribution in [0.15, 0.2) is 23.4 Å². The number of hydrogen-bond donors (Lipinski definition) is 0. The van der Waals surface area contributed by atoms with E-state index >= 15 is 0 Å². The van der Waals surface area contributed by atoms with E-state index in [2.05, 4.69) is 4.98 Å². The molecule has 0 radical (unpaired) electrons. The first-order valence-electron chi connectivity index (χ1n) is 5.29. The summed E-state index contributed by atoms with van der Waals surface area (Å²) in [6.07, 6.45) is 1.56. The van der Waals surface area contributed by atoms with E-state index in [1.807, 2.05) is 20.8 Å². The summed E-state index contributed by atoms with van der Waals surface area (Å²) in [7, 11) is 0. The van der Waals surface area contributed by atoms with Gasteiger partial charge in [0.1, 0.15) is 10.9 Å². The van der Waals surface area contributed by atoms with E-state index in [0.29, 0.717) is 5.02 Å². The van der Waals surface area contributed by atoms with Crippen LogP contribution in [0.4, 0.5) is 0 Å². The van der Waals surface area contributed by atoms with Gasteiger partial charge in [-0.2, -0.15) is 0 Å². The first-order valence-corrected chi connectivity index (χ1v) is 6.55. The number of aromatic nitrogens is 1. The molecule has 0 bridgehead atoms. The largest absolute Gasteiger partial charge is 0.459 e. The van der Waals surface area contributed by atoms with Gasteiger partial charge in [0.05, 0.1) is 10.0 Å². The van der Waals surface area contributed by atoms with E-state index in [9.17, 15) is 4.79 Å². The fourth-order valence-electron chi connectivity index (χ4n) is 1.05. The molecular weight excluding hydrogens is 258 g/mol. The van der Waals surface area contributed by atoms with Crippen LogP contribution >= 0.6 is 23.4 Å². The molecule has 0 amide bonds. The molecule has 0 aliphatic carbocycles. The predicted molar refractivity (Wildman–Crippen MR) is 70.4 cm³/mol. The average molecular weight is 274 g/mol. The zero-order chi connectivity index (χ0) is 13.1. The minimum absolute atomic E-state index is 0.237. The molecule has 0 N–H and O–H groups in total. The lowest BCUT2D eigenvalue weighted by atomic mass is 10.2. The summed E-state index contributed by atoms with van der Waals surface area (Å²) in [6.45, 7) is 7.35. The molecule has 3 nitrogen and oxygen atoms in total. The Kier molecular flexibility index (Phi) is 4.83. The third kappa shape index (κ3) is 5.41. The summed E-state index contributed by atoms with van der Waals surface area (Å²) < 4.78 is 5.28. The second kappa shape index (κ2) is 5.74. The highest BCUT2D eigenvalue weighted by Gasteiger charge is 2.22. The van der Waals surface area contributed by atoms with Gasteiger partial charge in [-0.05, 0) is 39.8 Å². The smallest absolute Gasteiger partial charge is 0.319 e. The predicted octanol–water partition coefficient (Wildman–Crippen LogP) is 3.56. The zero-order valence-corrected chi connectivity index (χ0v) is 11.9. The van der Waals surface area contributed by atoms with Crippen LogP contribution in [-0.4, -0.2) is 21.8 Å². The third-order valence-corrected chi connectivity index (χ3v) is 2.99. The maximum absolute atomic E-state index is 11.7. The number of rotatable bonds is 3. The van der Waals surface area contributed by atoms with Gasteiger partial charge < -0.3 is 4.74 Å². The minimum Gasteiger partial charge on any atom is -0.459 e. The Bertz CT molecular complexity index is 386. The van der Waals surface area contributed by atoms with Crippen molar-refractivity contribution in [1.82, 2.24) is 4.98 Å². The number of esters is 1. The number of thioether (sulfide) groups is 1. The number of halogens is 1. The Morgan fingerprint density at radius 2 is 2.12 bits per heavy atom. The Morgan fingerprint density at radius 1 is 1.47 bits per heavy atom. The number of carbonyl (C=O) groups is 1. The number of pyridine rings is 1. The Labute approximate surface area is 111 Å². The fourth-order valence-corrected chi connectivity index (χ4v) is 1.92. The van der Waals surface area contributed by atoms with Crippen molar-refractivity contribution in [3.8, 4) is 0 Å². The monoisotopic (exact) mass is 273 g/mol. The Balaban J connectivity index is 2.57. The summed E-state index contributed by atoms with van der Waals surface area (Å²) in [5.41, 5.74) is -0.459. The molecule has 1 rings (SSSR count). The molecule has 0 spiro atoms. The molecule has 1 aromatic heterocycles. The van der Waals surface area contributed by atoms with Crippen molar-refractivity contribution in [1.29, 1.82) is 0 Å². The van der Waals surface area contributed by atoms with E-state index in [-0.39, 0.29) is 11.2 Å². The first kappa shape index (κ1) is 14.3. The standard InChI is InChI=1S/C12H16ClNO2S/c1-8(11(15)16-12(2,3)4)17-10-6-5-9(13)7-14-10/h5-8H,1-4H3. The van der Waals surface area contributed by atoms with E-state index in [4.69, 9.17) is 16.3 Å². The topological polar surface area (TPSA) is 39.2 Å². The third-order valence-electron chi connectivity index (χ3n) is 1.74. The first-order chi connectivity index (χ1) is 7.78. The van der Waals surface area contributed by atoms with Crippen LogP contribution in [0.1, 0.15) is 27.7 Å². The summed E-state index contributed by atoms with van der Waals surface area (Å²) in [6, 6.07) is 3.53. The lowest BCUT2D eigenvalue weighted by Gasteiger charge is -2.21. The number of ether oxygens (including phenoxy) is 1. The minimum atomic E-state index is -0.459. The van der Waals surface area contributed by atoms with E-state index < -0.39 is 5.60 Å². The van der Waals surface area contributed by atoms with Gasteiger partial charge in [-0.3, -0.25) is 4.79 Å². The average Bonchev–Trinajstić information content (AvgIpc) is 2.19. The Hall–Kier alpha value is -0.740. The molecular formula is C12H16ClNO2S. The summed E-state index contributed by atoms with van der Waals surface area (Å²) in [4.78, 5) is 15.9. The highest BCUT2D eigenvalue weighted by molar-refractivity contribution is 8.00. The van der Waals surface area contributed by atoms with Gasteiger partial charge in [0.25, 0.3) is 0 Å². The molecule has 94 valence electrons. The van der Waals surface area contributed by atoms with Gasteiger partial charge in [-0.15, -0.1) is 0 Å². The highest BCUT2D eigenvalue weighted by atomic mass is 35.5. The summed E-state index contributed by atoms with van der Waals surface area (Å²) in [5.74, 6) is -0.237. The van der Waals surface area contributed by atoms with Crippen molar-refractivity contribution in [2.24, 2.45) is 0 Å². The molecule has 1 heterocycles. The molecule has 0 fully saturated rings. The summed E-state index contributed by atoms with van der Waals surface area (Å²) in [5, 5.41) is 1.05. The van der Waals surface area contributed by atoms with Crippen molar-refractivity contribution in [3.05, 3.63) is 23.4 Å². The second-order valence-electron chi connectivity index (χ2n) is 4.61. The maximum atomic E-state index is 11.7. The summed E-state index contributed by atoms with van der Waals surface area (Å²) >= 11 is 7.09. The molecule has 0 saturated heterocycles. The van der Waals surface area contributed by atoms with Crippen LogP contribution in [0.5, 0.6) is 0 Å². The SMILES string of the molecule is CC(Sc1ccc(Cl)cn1)C(=O)OC(C)(C)C. The van der Waals surface area contributed by atoms with Gasteiger partial charge in [-0.1, -0.05) is 23.4 Å². The van der Waals surface area contributed by atoms with Gasteiger partial charge >= 0.3 is 5.97 Å². The van der Waals surface area contributed by atoms with Gasteiger partial charge in [-0.25, -0.2) is 4.98 Å². The maximum Gasteiger partial charge on any atom is 0.319 e. The molecule has 0 aliphatic heterocycles. The quantitative estimate of drug-likeness (QED) is 0.624. The van der Waals surface area contributed by atoms with E-state index in [1.165, 1.54) is 11.8 Å². The molecule has 1 atom stereocenters. The van der Waals surface area contributed by atoms with Crippen LogP contribution in [0, 0.1) is 0 Å². The molecule has 5 heteroatoms. The van der Waals surface area contributed by atoms with Crippen molar-refractivity contribution in [3.63, 3.8) is 0 Å². The molecule has 17 heavy (non-hydrogen) atoms. The lowest BCUT2D eigenvalue weighted by molar-refractivity contribution is -0.153. The lowest BCUT2D eigenvalue weighted by Crippen LogP contribution is -2.28. The molecule has 1 unspecified atom stereocenters. The van der Waals surface area contributed by atoms with E-state index in [0.717, 1.165) is 5.03 Å². The van der Waals surface area contributed by atoms with Crippen molar-refractivity contribution in [2.45, 2.75) is 43.6 Å². The van der Waals surface area contributed by atoms with Crippen LogP contribution in [-0.2, 0) is 9.53 Å². The van der Waals surface area contributed by atoms with Crippen LogP contribution < -0.4 is 0 Å². The molecule has 1 aromatic rings. The number of nitrogens with zero attached hydrogens (tertiary/aromatic N) is 1. The number of carbonyl (C=O) groups excluding carboxylic acids is 1. The van der Waals surface area contributed by atoms with Crippen LogP contribution in [0.3, 0.4) is 0 Å². The fraction of sp³-hybridized carbons (Fsp3) is 0.500. The van der Waals surface area contributed by atoms with E-state index in [1.54, 1.807) is 25.3 Å². The van der Waals surface area contributed by atoms with Gasteiger partial charge in [0.2, 0.25) is 0 Å². The highest BCUT2D eigenvalue weighted by Crippen LogP contribution is 2.24. The second-order valence-corrected chi connectivity index (χ2v) is 6.41. The molecule has 0 saturated carbocycles. The van der Waals surface area contributed by atoms with Gasteiger partial charge in [0.15, 0.2) is 0 Å². The van der Waals surface area contributed by atoms with Crippen molar-refractivity contribution < 1.29 is 9.53 Å². The van der Waals surface area contributed by atoms with Gasteiger partial charge in [0, 0.05) is 6.20 Å². The zero-order valence-electron chi connectivity index (χ0n) is 10.4. The van der Waals surface area contributed by atoms with Crippen molar-refractivity contribution >= 4 is 29.3 Å². The Morgan fingerprint density at radius 3 is 2.59 bits per heavy atom. The number of hydrogen-bond acceptors (Lipinski definition) is 4. The molecule has 0 aliphatic rings. The van der Waals surface area contributed by atoms with Crippen LogP contribution in [0.2, 0.25) is 5.02 Å².